The van der Waals surface area contributed by atoms with Gasteiger partial charge in [0.15, 0.2) is 0 Å². The van der Waals surface area contributed by atoms with Gasteiger partial charge in [-0.25, -0.2) is 0 Å². The Morgan fingerprint density at radius 3 is 2.93 bits per heavy atom. The number of hydrogen-bond acceptors (Lipinski definition) is 3. The number of aliphatic hydroxyl groups excluding tert-OH is 1. The molecule has 84 valence electrons. The molecule has 1 fully saturated rings. The molecule has 1 aliphatic heterocycles. The predicted octanol–water partition coefficient (Wildman–Crippen LogP) is 0.689. The fourth-order valence-electron chi connectivity index (χ4n) is 1.96. The van der Waals surface area contributed by atoms with E-state index in [0.717, 1.165) is 32.0 Å². The van der Waals surface area contributed by atoms with E-state index in [0.29, 0.717) is 12.6 Å². The van der Waals surface area contributed by atoms with Gasteiger partial charge in [-0.1, -0.05) is 13.8 Å². The van der Waals surface area contributed by atoms with Gasteiger partial charge in [0, 0.05) is 32.3 Å². The van der Waals surface area contributed by atoms with E-state index in [9.17, 15) is 0 Å². The van der Waals surface area contributed by atoms with E-state index in [1.807, 2.05) is 0 Å². The monoisotopic (exact) mass is 200 g/mol. The lowest BCUT2D eigenvalue weighted by Crippen LogP contribution is -2.51. The van der Waals surface area contributed by atoms with E-state index in [1.54, 1.807) is 0 Å². The van der Waals surface area contributed by atoms with Gasteiger partial charge in [-0.2, -0.15) is 0 Å². The van der Waals surface area contributed by atoms with Gasteiger partial charge in [0.05, 0.1) is 0 Å². The molecule has 0 radical (unpaired) electrons. The largest absolute Gasteiger partial charge is 0.396 e. The highest BCUT2D eigenvalue weighted by Gasteiger charge is 2.20. The molecule has 0 spiro atoms. The van der Waals surface area contributed by atoms with Crippen molar-refractivity contribution >= 4 is 0 Å². The van der Waals surface area contributed by atoms with Crippen molar-refractivity contribution in [3.05, 3.63) is 0 Å². The first kappa shape index (κ1) is 12.0. The molecule has 3 nitrogen and oxygen atoms in total. The summed E-state index contributed by atoms with van der Waals surface area (Å²) in [6, 6.07) is 0.549. The zero-order valence-corrected chi connectivity index (χ0v) is 9.50. The molecule has 0 unspecified atom stereocenters. The molecule has 0 amide bonds. The lowest BCUT2D eigenvalue weighted by molar-refractivity contribution is 0.125. The molecular weight excluding hydrogens is 176 g/mol. The fraction of sp³-hybridized carbons (Fsp3) is 1.00. The van der Waals surface area contributed by atoms with Gasteiger partial charge in [0.2, 0.25) is 0 Å². The van der Waals surface area contributed by atoms with Crippen LogP contribution < -0.4 is 5.32 Å². The van der Waals surface area contributed by atoms with Gasteiger partial charge >= 0.3 is 0 Å². The molecule has 1 rings (SSSR count). The second-order valence-corrected chi connectivity index (χ2v) is 4.59. The van der Waals surface area contributed by atoms with E-state index >= 15 is 0 Å². The Labute approximate surface area is 87.5 Å². The average molecular weight is 200 g/mol. The number of rotatable bonds is 5. The van der Waals surface area contributed by atoms with Gasteiger partial charge in [0.25, 0.3) is 0 Å². The highest BCUT2D eigenvalue weighted by Crippen LogP contribution is 2.10. The molecule has 1 atom stereocenters. The Hall–Kier alpha value is -0.120. The first-order chi connectivity index (χ1) is 6.74. The zero-order valence-electron chi connectivity index (χ0n) is 9.50. The summed E-state index contributed by atoms with van der Waals surface area (Å²) >= 11 is 0. The van der Waals surface area contributed by atoms with E-state index in [4.69, 9.17) is 5.11 Å². The number of hydrogen-bond donors (Lipinski definition) is 2. The van der Waals surface area contributed by atoms with Crippen LogP contribution in [-0.2, 0) is 0 Å². The number of piperazine rings is 1. The summed E-state index contributed by atoms with van der Waals surface area (Å²) in [6.07, 6.45) is 2.17. The van der Waals surface area contributed by atoms with Crippen LogP contribution in [0.4, 0.5) is 0 Å². The Morgan fingerprint density at radius 1 is 1.50 bits per heavy atom. The van der Waals surface area contributed by atoms with Crippen molar-refractivity contribution < 1.29 is 5.11 Å². The molecule has 0 bridgehead atoms. The molecular formula is C11H24N2O. The summed E-state index contributed by atoms with van der Waals surface area (Å²) in [6.45, 7) is 9.30. The zero-order chi connectivity index (χ0) is 10.4. The summed E-state index contributed by atoms with van der Waals surface area (Å²) in [4.78, 5) is 2.52. The predicted molar refractivity (Wildman–Crippen MR) is 59.4 cm³/mol. The highest BCUT2D eigenvalue weighted by atomic mass is 16.3. The van der Waals surface area contributed by atoms with Crippen LogP contribution in [0.1, 0.15) is 26.7 Å². The van der Waals surface area contributed by atoms with Crippen molar-refractivity contribution in [3.63, 3.8) is 0 Å². The van der Waals surface area contributed by atoms with Crippen LogP contribution >= 0.6 is 0 Å². The third-order valence-electron chi connectivity index (χ3n) is 2.93. The quantitative estimate of drug-likeness (QED) is 0.685. The fourth-order valence-corrected chi connectivity index (χ4v) is 1.96. The molecule has 1 aliphatic rings. The Bertz CT molecular complexity index is 148. The topological polar surface area (TPSA) is 35.5 Å². The molecule has 0 aromatic carbocycles. The van der Waals surface area contributed by atoms with Crippen molar-refractivity contribution in [2.24, 2.45) is 5.92 Å². The molecule has 14 heavy (non-hydrogen) atoms. The van der Waals surface area contributed by atoms with Crippen molar-refractivity contribution in [2.45, 2.75) is 32.7 Å². The Balaban J connectivity index is 2.30. The van der Waals surface area contributed by atoms with E-state index in [-0.39, 0.29) is 0 Å². The van der Waals surface area contributed by atoms with Gasteiger partial charge in [-0.05, 0) is 25.3 Å². The minimum atomic E-state index is 0.310. The maximum absolute atomic E-state index is 8.96. The highest BCUT2D eigenvalue weighted by molar-refractivity contribution is 4.79. The number of aliphatic hydroxyl groups is 1. The van der Waals surface area contributed by atoms with Crippen molar-refractivity contribution in [1.82, 2.24) is 10.2 Å². The van der Waals surface area contributed by atoms with Crippen LogP contribution in [-0.4, -0.2) is 48.8 Å². The maximum atomic E-state index is 8.96. The van der Waals surface area contributed by atoms with Crippen LogP contribution in [0.15, 0.2) is 0 Å². The minimum Gasteiger partial charge on any atom is -0.396 e. The summed E-state index contributed by atoms with van der Waals surface area (Å²) in [7, 11) is 0. The van der Waals surface area contributed by atoms with E-state index in [2.05, 4.69) is 24.1 Å². The van der Waals surface area contributed by atoms with Crippen molar-refractivity contribution in [2.75, 3.05) is 32.8 Å². The standard InChI is InChI=1S/C11H24N2O/c1-10(2)3-6-13-7-5-12-9-11(13)4-8-14/h10-12,14H,3-9H2,1-2H3/t11-/m1/s1. The number of nitrogens with one attached hydrogen (secondary N) is 1. The first-order valence-electron chi connectivity index (χ1n) is 5.79. The lowest BCUT2D eigenvalue weighted by atomic mass is 10.1. The third-order valence-corrected chi connectivity index (χ3v) is 2.93. The van der Waals surface area contributed by atoms with Crippen molar-refractivity contribution in [3.8, 4) is 0 Å². The van der Waals surface area contributed by atoms with Crippen LogP contribution in [0.3, 0.4) is 0 Å². The Kier molecular flexibility index (Phi) is 5.45. The van der Waals surface area contributed by atoms with E-state index in [1.165, 1.54) is 13.0 Å². The van der Waals surface area contributed by atoms with Crippen LogP contribution in [0.5, 0.6) is 0 Å². The smallest absolute Gasteiger partial charge is 0.0446 e. The number of nitrogens with zero attached hydrogens (tertiary/aromatic N) is 1. The van der Waals surface area contributed by atoms with Crippen LogP contribution in [0, 0.1) is 5.92 Å². The normalized spacial score (nSPS) is 24.4. The van der Waals surface area contributed by atoms with Gasteiger partial charge in [-0.15, -0.1) is 0 Å². The molecule has 1 saturated heterocycles. The summed E-state index contributed by atoms with van der Waals surface area (Å²) in [5, 5.41) is 12.3. The van der Waals surface area contributed by atoms with Crippen molar-refractivity contribution in [1.29, 1.82) is 0 Å². The second kappa shape index (κ2) is 6.38. The second-order valence-electron chi connectivity index (χ2n) is 4.59. The molecule has 2 N–H and O–H groups in total. The van der Waals surface area contributed by atoms with Crippen LogP contribution in [0.2, 0.25) is 0 Å². The Morgan fingerprint density at radius 2 is 2.29 bits per heavy atom. The van der Waals surface area contributed by atoms with Gasteiger partial charge in [-0.3, -0.25) is 4.90 Å². The third kappa shape index (κ3) is 3.95. The maximum Gasteiger partial charge on any atom is 0.0446 e. The molecule has 1 heterocycles. The summed E-state index contributed by atoms with van der Waals surface area (Å²) < 4.78 is 0. The average Bonchev–Trinajstić information content (AvgIpc) is 2.17. The molecule has 3 heteroatoms. The van der Waals surface area contributed by atoms with Gasteiger partial charge < -0.3 is 10.4 Å². The van der Waals surface area contributed by atoms with E-state index < -0.39 is 0 Å². The minimum absolute atomic E-state index is 0.310. The van der Waals surface area contributed by atoms with Crippen LogP contribution in [0.25, 0.3) is 0 Å². The molecule has 0 aromatic rings. The molecule has 0 saturated carbocycles. The SMILES string of the molecule is CC(C)CCN1CCNC[C@H]1CCO. The summed E-state index contributed by atoms with van der Waals surface area (Å²) in [5.41, 5.74) is 0. The lowest BCUT2D eigenvalue weighted by Gasteiger charge is -2.36. The van der Waals surface area contributed by atoms with Gasteiger partial charge in [0.1, 0.15) is 0 Å². The molecule has 0 aromatic heterocycles. The summed E-state index contributed by atoms with van der Waals surface area (Å²) in [5.74, 6) is 0.777. The molecule has 0 aliphatic carbocycles. The first-order valence-corrected chi connectivity index (χ1v) is 5.79.